The molecule has 2 heterocycles. The van der Waals surface area contributed by atoms with Crippen LogP contribution in [-0.4, -0.2) is 35.6 Å². The van der Waals surface area contributed by atoms with Crippen LogP contribution in [0.5, 0.6) is 0 Å². The van der Waals surface area contributed by atoms with Gasteiger partial charge in [0.1, 0.15) is 11.8 Å². The van der Waals surface area contributed by atoms with Gasteiger partial charge in [0.05, 0.1) is 0 Å². The van der Waals surface area contributed by atoms with Crippen LogP contribution in [-0.2, 0) is 6.54 Å². The number of pyridine rings is 1. The van der Waals surface area contributed by atoms with Crippen molar-refractivity contribution in [1.29, 1.82) is 5.26 Å². The highest BCUT2D eigenvalue weighted by Crippen LogP contribution is 2.18. The van der Waals surface area contributed by atoms with Crippen LogP contribution in [0.2, 0.25) is 0 Å². The maximum atomic E-state index is 9.15. The molecular weight excluding hydrogens is 248 g/mol. The summed E-state index contributed by atoms with van der Waals surface area (Å²) in [6, 6.07) is 6.61. The van der Waals surface area contributed by atoms with Crippen molar-refractivity contribution in [3.63, 3.8) is 0 Å². The fraction of sp³-hybridized carbons (Fsp3) is 0.625. The summed E-state index contributed by atoms with van der Waals surface area (Å²) < 4.78 is 0. The lowest BCUT2D eigenvalue weighted by atomic mass is 9.96. The fourth-order valence-electron chi connectivity index (χ4n) is 2.74. The van der Waals surface area contributed by atoms with Crippen LogP contribution in [0.4, 0.5) is 0 Å². The molecule has 0 amide bonds. The molecule has 1 N–H and O–H groups in total. The smallest absolute Gasteiger partial charge is 0.144 e. The maximum Gasteiger partial charge on any atom is 0.144 e. The zero-order valence-corrected chi connectivity index (χ0v) is 12.5. The second-order valence-corrected chi connectivity index (χ2v) is 5.84. The predicted molar refractivity (Wildman–Crippen MR) is 80.1 cm³/mol. The molecule has 1 aliphatic heterocycles. The molecule has 1 fully saturated rings. The molecule has 4 nitrogen and oxygen atoms in total. The lowest BCUT2D eigenvalue weighted by molar-refractivity contribution is 0.161. The van der Waals surface area contributed by atoms with E-state index in [2.05, 4.69) is 35.1 Å². The summed E-state index contributed by atoms with van der Waals surface area (Å²) in [5.74, 6) is 0.765. The zero-order valence-electron chi connectivity index (χ0n) is 12.5. The quantitative estimate of drug-likeness (QED) is 0.892. The van der Waals surface area contributed by atoms with Crippen LogP contribution in [0.1, 0.15) is 37.9 Å². The number of piperidine rings is 1. The summed E-state index contributed by atoms with van der Waals surface area (Å²) >= 11 is 0. The Kier molecular flexibility index (Phi) is 5.51. The summed E-state index contributed by atoms with van der Waals surface area (Å²) in [5.41, 5.74) is 1.60. The van der Waals surface area contributed by atoms with Crippen molar-refractivity contribution in [1.82, 2.24) is 15.2 Å². The Labute approximate surface area is 121 Å². The number of nitrogens with one attached hydrogen (secondary N) is 1. The highest BCUT2D eigenvalue weighted by molar-refractivity contribution is 5.30. The molecule has 4 heteroatoms. The number of hydrogen-bond acceptors (Lipinski definition) is 4. The Bertz CT molecular complexity index is 458. The second-order valence-electron chi connectivity index (χ2n) is 5.84. The highest BCUT2D eigenvalue weighted by atomic mass is 15.1. The van der Waals surface area contributed by atoms with Crippen LogP contribution in [0.3, 0.4) is 0 Å². The van der Waals surface area contributed by atoms with Gasteiger partial charge in [-0.2, -0.15) is 5.26 Å². The van der Waals surface area contributed by atoms with E-state index < -0.39 is 0 Å². The van der Waals surface area contributed by atoms with E-state index in [0.717, 1.165) is 37.7 Å². The molecule has 20 heavy (non-hydrogen) atoms. The van der Waals surface area contributed by atoms with Crippen LogP contribution in [0.15, 0.2) is 18.3 Å². The normalized spacial score (nSPS) is 16.6. The topological polar surface area (TPSA) is 52.0 Å². The SMILES string of the molecule is CC(C)N(Cc1cccnc1C#N)CC1CCNCC1. The largest absolute Gasteiger partial charge is 0.317 e. The third-order valence-electron chi connectivity index (χ3n) is 4.05. The van der Waals surface area contributed by atoms with E-state index in [9.17, 15) is 0 Å². The number of nitriles is 1. The maximum absolute atomic E-state index is 9.15. The van der Waals surface area contributed by atoms with Crippen molar-refractivity contribution in [2.24, 2.45) is 5.92 Å². The minimum absolute atomic E-state index is 0.483. The lowest BCUT2D eigenvalue weighted by Gasteiger charge is -2.32. The molecule has 0 aliphatic carbocycles. The van der Waals surface area contributed by atoms with Crippen LogP contribution < -0.4 is 5.32 Å². The van der Waals surface area contributed by atoms with E-state index in [-0.39, 0.29) is 0 Å². The van der Waals surface area contributed by atoms with E-state index in [0.29, 0.717) is 11.7 Å². The Morgan fingerprint density at radius 3 is 2.85 bits per heavy atom. The first kappa shape index (κ1) is 15.0. The Hall–Kier alpha value is -1.44. The molecule has 0 spiro atoms. The Balaban J connectivity index is 2.03. The van der Waals surface area contributed by atoms with Gasteiger partial charge >= 0.3 is 0 Å². The Morgan fingerprint density at radius 2 is 2.20 bits per heavy atom. The molecule has 1 aromatic heterocycles. The van der Waals surface area contributed by atoms with Gasteiger partial charge in [-0.25, -0.2) is 4.98 Å². The first-order valence-corrected chi connectivity index (χ1v) is 7.49. The van der Waals surface area contributed by atoms with Crippen molar-refractivity contribution in [2.45, 2.75) is 39.3 Å². The molecule has 1 saturated heterocycles. The highest BCUT2D eigenvalue weighted by Gasteiger charge is 2.20. The third kappa shape index (κ3) is 4.03. The summed E-state index contributed by atoms with van der Waals surface area (Å²) in [5, 5.41) is 12.6. The molecule has 0 bridgehead atoms. The number of hydrogen-bond donors (Lipinski definition) is 1. The van der Waals surface area contributed by atoms with Crippen molar-refractivity contribution in [2.75, 3.05) is 19.6 Å². The van der Waals surface area contributed by atoms with Crippen LogP contribution in [0.25, 0.3) is 0 Å². The number of nitrogens with zero attached hydrogens (tertiary/aromatic N) is 3. The average Bonchev–Trinajstić information content (AvgIpc) is 2.48. The van der Waals surface area contributed by atoms with Gasteiger partial charge in [0.2, 0.25) is 0 Å². The minimum atomic E-state index is 0.483. The minimum Gasteiger partial charge on any atom is -0.317 e. The van der Waals surface area contributed by atoms with Gasteiger partial charge in [-0.15, -0.1) is 0 Å². The first-order chi connectivity index (χ1) is 9.70. The van der Waals surface area contributed by atoms with Crippen molar-refractivity contribution in [3.05, 3.63) is 29.6 Å². The second kappa shape index (κ2) is 7.37. The molecule has 0 atom stereocenters. The average molecular weight is 272 g/mol. The van der Waals surface area contributed by atoms with Gasteiger partial charge in [0, 0.05) is 30.9 Å². The van der Waals surface area contributed by atoms with Gasteiger partial charge in [0.15, 0.2) is 0 Å². The van der Waals surface area contributed by atoms with Crippen molar-refractivity contribution in [3.8, 4) is 6.07 Å². The molecule has 0 aromatic carbocycles. The van der Waals surface area contributed by atoms with Crippen LogP contribution in [0, 0.1) is 17.2 Å². The van der Waals surface area contributed by atoms with Gasteiger partial charge in [-0.3, -0.25) is 4.90 Å². The molecule has 0 radical (unpaired) electrons. The van der Waals surface area contributed by atoms with E-state index in [4.69, 9.17) is 5.26 Å². The van der Waals surface area contributed by atoms with Gasteiger partial charge in [-0.1, -0.05) is 6.07 Å². The Morgan fingerprint density at radius 1 is 1.45 bits per heavy atom. The molecule has 0 saturated carbocycles. The molecule has 2 rings (SSSR count). The van der Waals surface area contributed by atoms with E-state index in [1.165, 1.54) is 12.8 Å². The standard InChI is InChI=1S/C16H24N4/c1-13(2)20(11-14-5-8-18-9-6-14)12-15-4-3-7-19-16(15)10-17/h3-4,7,13-14,18H,5-6,8-9,11-12H2,1-2H3. The van der Waals surface area contributed by atoms with Crippen molar-refractivity contribution >= 4 is 0 Å². The zero-order chi connectivity index (χ0) is 14.4. The summed E-state index contributed by atoms with van der Waals surface area (Å²) in [6.07, 6.45) is 4.19. The third-order valence-corrected chi connectivity index (χ3v) is 4.05. The molecule has 1 aliphatic rings. The predicted octanol–water partition coefficient (Wildman–Crippen LogP) is 2.16. The van der Waals surface area contributed by atoms with Gasteiger partial charge in [-0.05, 0) is 51.8 Å². The summed E-state index contributed by atoms with van der Waals surface area (Å²) in [4.78, 5) is 6.62. The van der Waals surface area contributed by atoms with Crippen molar-refractivity contribution < 1.29 is 0 Å². The van der Waals surface area contributed by atoms with E-state index in [1.807, 2.05) is 12.1 Å². The first-order valence-electron chi connectivity index (χ1n) is 7.49. The number of rotatable bonds is 5. The summed E-state index contributed by atoms with van der Waals surface area (Å²) in [7, 11) is 0. The van der Waals surface area contributed by atoms with E-state index >= 15 is 0 Å². The monoisotopic (exact) mass is 272 g/mol. The fourth-order valence-corrected chi connectivity index (χ4v) is 2.74. The lowest BCUT2D eigenvalue weighted by Crippen LogP contribution is -2.39. The molecule has 108 valence electrons. The van der Waals surface area contributed by atoms with E-state index in [1.54, 1.807) is 6.20 Å². The number of aromatic nitrogens is 1. The van der Waals surface area contributed by atoms with Crippen LogP contribution >= 0.6 is 0 Å². The van der Waals surface area contributed by atoms with Gasteiger partial charge in [0.25, 0.3) is 0 Å². The molecule has 0 unspecified atom stereocenters. The summed E-state index contributed by atoms with van der Waals surface area (Å²) in [6.45, 7) is 8.64. The molecule has 1 aromatic rings. The molecular formula is C16H24N4. The van der Waals surface area contributed by atoms with Gasteiger partial charge < -0.3 is 5.32 Å².